The monoisotopic (exact) mass is 217 g/mol. The minimum absolute atomic E-state index is 0.0996. The predicted molar refractivity (Wildman–Crippen MR) is 56.2 cm³/mol. The Bertz CT molecular complexity index is 205. The standard InChI is InChI=1S/C9H19N3O3/c1-11-8(13)3-4-12-9(14)5-7(6-10)15-2/h7H,3-6,10H2,1-2H3,(H,11,13)(H,12,14). The van der Waals surface area contributed by atoms with Crippen molar-refractivity contribution in [3.63, 3.8) is 0 Å². The lowest BCUT2D eigenvalue weighted by atomic mass is 10.2. The zero-order valence-electron chi connectivity index (χ0n) is 9.21. The van der Waals surface area contributed by atoms with E-state index in [1.54, 1.807) is 7.05 Å². The molecule has 2 amide bonds. The highest BCUT2D eigenvalue weighted by Gasteiger charge is 2.10. The fraction of sp³-hybridized carbons (Fsp3) is 0.778. The zero-order valence-corrected chi connectivity index (χ0v) is 9.21. The minimum atomic E-state index is -0.259. The molecule has 0 fully saturated rings. The number of hydrogen-bond donors (Lipinski definition) is 3. The number of rotatable bonds is 7. The average molecular weight is 217 g/mol. The van der Waals surface area contributed by atoms with Gasteiger partial charge in [-0.3, -0.25) is 9.59 Å². The Morgan fingerprint density at radius 1 is 1.40 bits per heavy atom. The van der Waals surface area contributed by atoms with Crippen LogP contribution in [-0.4, -0.2) is 45.2 Å². The summed E-state index contributed by atoms with van der Waals surface area (Å²) >= 11 is 0. The number of methoxy groups -OCH3 is 1. The topological polar surface area (TPSA) is 93.5 Å². The second-order valence-electron chi connectivity index (χ2n) is 3.07. The van der Waals surface area contributed by atoms with Crippen LogP contribution < -0.4 is 16.4 Å². The second kappa shape index (κ2) is 8.19. The fourth-order valence-electron chi connectivity index (χ4n) is 0.982. The molecule has 0 aromatic carbocycles. The van der Waals surface area contributed by atoms with Gasteiger partial charge in [-0.05, 0) is 0 Å². The summed E-state index contributed by atoms with van der Waals surface area (Å²) in [5, 5.41) is 5.08. The zero-order chi connectivity index (χ0) is 11.7. The predicted octanol–water partition coefficient (Wildman–Crippen LogP) is -1.40. The van der Waals surface area contributed by atoms with Gasteiger partial charge < -0.3 is 21.1 Å². The molecular weight excluding hydrogens is 198 g/mol. The van der Waals surface area contributed by atoms with Gasteiger partial charge >= 0.3 is 0 Å². The highest BCUT2D eigenvalue weighted by molar-refractivity contribution is 5.79. The van der Waals surface area contributed by atoms with Gasteiger partial charge in [0.1, 0.15) is 0 Å². The Labute approximate surface area is 89.5 Å². The van der Waals surface area contributed by atoms with Crippen LogP contribution in [0.3, 0.4) is 0 Å². The van der Waals surface area contributed by atoms with Gasteiger partial charge in [-0.15, -0.1) is 0 Å². The highest BCUT2D eigenvalue weighted by Crippen LogP contribution is 1.94. The third-order valence-corrected chi connectivity index (χ3v) is 1.96. The summed E-state index contributed by atoms with van der Waals surface area (Å²) < 4.78 is 4.95. The van der Waals surface area contributed by atoms with Gasteiger partial charge in [0.15, 0.2) is 0 Å². The molecule has 0 aliphatic rings. The first-order chi connectivity index (χ1) is 7.13. The van der Waals surface area contributed by atoms with E-state index in [2.05, 4.69) is 10.6 Å². The summed E-state index contributed by atoms with van der Waals surface area (Å²) in [7, 11) is 3.06. The molecule has 6 nitrogen and oxygen atoms in total. The van der Waals surface area contributed by atoms with Gasteiger partial charge in [0, 0.05) is 33.7 Å². The smallest absolute Gasteiger partial charge is 0.222 e. The fourth-order valence-corrected chi connectivity index (χ4v) is 0.982. The molecule has 15 heavy (non-hydrogen) atoms. The van der Waals surface area contributed by atoms with Crippen molar-refractivity contribution in [1.29, 1.82) is 0 Å². The summed E-state index contributed by atoms with van der Waals surface area (Å²) in [6, 6.07) is 0. The molecule has 0 saturated carbocycles. The summed E-state index contributed by atoms with van der Waals surface area (Å²) in [5.74, 6) is -0.256. The van der Waals surface area contributed by atoms with E-state index < -0.39 is 0 Å². The number of hydrogen-bond acceptors (Lipinski definition) is 4. The molecule has 4 N–H and O–H groups in total. The Hall–Kier alpha value is -1.14. The average Bonchev–Trinajstić information content (AvgIpc) is 2.25. The lowest BCUT2D eigenvalue weighted by Gasteiger charge is -2.12. The van der Waals surface area contributed by atoms with Gasteiger partial charge in [0.25, 0.3) is 0 Å². The molecule has 0 saturated heterocycles. The Balaban J connectivity index is 3.61. The summed E-state index contributed by atoms with van der Waals surface area (Å²) in [5.41, 5.74) is 5.36. The van der Waals surface area contributed by atoms with E-state index >= 15 is 0 Å². The first-order valence-electron chi connectivity index (χ1n) is 4.84. The summed E-state index contributed by atoms with van der Waals surface area (Å²) in [4.78, 5) is 22.1. The first-order valence-corrected chi connectivity index (χ1v) is 4.84. The SMILES string of the molecule is CNC(=O)CCNC(=O)CC(CN)OC. The first kappa shape index (κ1) is 13.9. The molecule has 88 valence electrons. The van der Waals surface area contributed by atoms with Crippen molar-refractivity contribution in [2.75, 3.05) is 27.2 Å². The van der Waals surface area contributed by atoms with Crippen molar-refractivity contribution in [2.24, 2.45) is 5.73 Å². The van der Waals surface area contributed by atoms with Crippen LogP contribution in [0.25, 0.3) is 0 Å². The molecular formula is C9H19N3O3. The highest BCUT2D eigenvalue weighted by atomic mass is 16.5. The van der Waals surface area contributed by atoms with E-state index in [0.717, 1.165) is 0 Å². The minimum Gasteiger partial charge on any atom is -0.380 e. The number of ether oxygens (including phenoxy) is 1. The van der Waals surface area contributed by atoms with Crippen LogP contribution in [-0.2, 0) is 14.3 Å². The number of nitrogens with two attached hydrogens (primary N) is 1. The van der Waals surface area contributed by atoms with E-state index in [1.807, 2.05) is 0 Å². The Morgan fingerprint density at radius 2 is 2.07 bits per heavy atom. The number of carbonyl (C=O) groups excluding carboxylic acids is 2. The molecule has 6 heteroatoms. The van der Waals surface area contributed by atoms with Crippen LogP contribution in [0.5, 0.6) is 0 Å². The van der Waals surface area contributed by atoms with Crippen molar-refractivity contribution < 1.29 is 14.3 Å². The van der Waals surface area contributed by atoms with Crippen molar-refractivity contribution >= 4 is 11.8 Å². The van der Waals surface area contributed by atoms with Crippen molar-refractivity contribution in [3.05, 3.63) is 0 Å². The lowest BCUT2D eigenvalue weighted by Crippen LogP contribution is -2.34. The largest absolute Gasteiger partial charge is 0.380 e. The van der Waals surface area contributed by atoms with Gasteiger partial charge in [0.05, 0.1) is 12.5 Å². The lowest BCUT2D eigenvalue weighted by molar-refractivity contribution is -0.123. The van der Waals surface area contributed by atoms with Crippen molar-refractivity contribution in [3.8, 4) is 0 Å². The molecule has 1 atom stereocenters. The van der Waals surface area contributed by atoms with Crippen LogP contribution in [0.4, 0.5) is 0 Å². The molecule has 0 bridgehead atoms. The number of amides is 2. The Morgan fingerprint density at radius 3 is 2.53 bits per heavy atom. The molecule has 0 aliphatic carbocycles. The van der Waals surface area contributed by atoms with Crippen LogP contribution in [0.15, 0.2) is 0 Å². The molecule has 0 radical (unpaired) electrons. The Kier molecular flexibility index (Phi) is 7.57. The maximum absolute atomic E-state index is 11.3. The van der Waals surface area contributed by atoms with Crippen LogP contribution >= 0.6 is 0 Å². The maximum Gasteiger partial charge on any atom is 0.222 e. The third kappa shape index (κ3) is 6.87. The quantitative estimate of drug-likeness (QED) is 0.489. The van der Waals surface area contributed by atoms with E-state index in [9.17, 15) is 9.59 Å². The van der Waals surface area contributed by atoms with E-state index in [0.29, 0.717) is 13.1 Å². The van der Waals surface area contributed by atoms with Gasteiger partial charge in [-0.1, -0.05) is 0 Å². The normalized spacial score (nSPS) is 11.9. The van der Waals surface area contributed by atoms with Crippen LogP contribution in [0.2, 0.25) is 0 Å². The molecule has 0 rings (SSSR count). The van der Waals surface area contributed by atoms with Crippen molar-refractivity contribution in [1.82, 2.24) is 10.6 Å². The molecule has 1 unspecified atom stereocenters. The van der Waals surface area contributed by atoms with E-state index in [4.69, 9.17) is 10.5 Å². The van der Waals surface area contributed by atoms with E-state index in [-0.39, 0.29) is 30.8 Å². The van der Waals surface area contributed by atoms with Crippen LogP contribution in [0.1, 0.15) is 12.8 Å². The number of carbonyl (C=O) groups is 2. The molecule has 0 aliphatic heterocycles. The van der Waals surface area contributed by atoms with Gasteiger partial charge in [-0.2, -0.15) is 0 Å². The summed E-state index contributed by atoms with van der Waals surface area (Å²) in [6.45, 7) is 0.638. The summed E-state index contributed by atoms with van der Waals surface area (Å²) in [6.07, 6.45) is 0.244. The molecule has 0 heterocycles. The van der Waals surface area contributed by atoms with Crippen molar-refractivity contribution in [2.45, 2.75) is 18.9 Å². The third-order valence-electron chi connectivity index (χ3n) is 1.96. The molecule has 0 spiro atoms. The van der Waals surface area contributed by atoms with Gasteiger partial charge in [-0.25, -0.2) is 0 Å². The number of nitrogens with one attached hydrogen (secondary N) is 2. The maximum atomic E-state index is 11.3. The van der Waals surface area contributed by atoms with E-state index in [1.165, 1.54) is 7.11 Å². The van der Waals surface area contributed by atoms with Gasteiger partial charge in [0.2, 0.25) is 11.8 Å². The molecule has 0 aromatic heterocycles. The van der Waals surface area contributed by atoms with Crippen LogP contribution in [0, 0.1) is 0 Å². The second-order valence-corrected chi connectivity index (χ2v) is 3.07. The molecule has 0 aromatic rings.